The molecule has 3 atom stereocenters. The first kappa shape index (κ1) is 26.8. The number of Topliss-reactive ketones (excluding diaryl/α,β-unsaturated/α-hetero) is 1. The number of pyridine rings is 2. The van der Waals surface area contributed by atoms with Gasteiger partial charge in [-0.25, -0.2) is 8.42 Å². The van der Waals surface area contributed by atoms with Crippen molar-refractivity contribution in [3.63, 3.8) is 0 Å². The minimum atomic E-state index is -4.49. The molecule has 3 unspecified atom stereocenters. The number of fused-ring (bicyclic) bond motifs is 1. The molecule has 1 aromatic carbocycles. The first-order chi connectivity index (χ1) is 18.7. The van der Waals surface area contributed by atoms with Gasteiger partial charge in [-0.2, -0.15) is 4.31 Å². The second-order valence-electron chi connectivity index (χ2n) is 10.4. The smallest absolute Gasteiger partial charge is 0.310 e. The molecular formula is C29H30N4O5S. The maximum absolute atomic E-state index is 14.0. The van der Waals surface area contributed by atoms with E-state index in [1.807, 2.05) is 50.2 Å². The van der Waals surface area contributed by atoms with Crippen molar-refractivity contribution >= 4 is 26.8 Å². The van der Waals surface area contributed by atoms with Gasteiger partial charge in [0, 0.05) is 25.1 Å². The molecule has 0 saturated carbocycles. The number of amides is 1. The summed E-state index contributed by atoms with van der Waals surface area (Å²) in [4.78, 5) is 49.6. The number of rotatable bonds is 7. The first-order valence-corrected chi connectivity index (χ1v) is 14.4. The van der Waals surface area contributed by atoms with Crippen LogP contribution in [0.4, 0.5) is 0 Å². The second kappa shape index (κ2) is 10.8. The van der Waals surface area contributed by atoms with Gasteiger partial charge in [-0.15, -0.1) is 0 Å². The van der Waals surface area contributed by atoms with Crippen LogP contribution in [0.5, 0.6) is 0 Å². The highest BCUT2D eigenvalue weighted by atomic mass is 32.2. The molecule has 4 heterocycles. The number of hydrogen-bond acceptors (Lipinski definition) is 7. The number of nitrogens with zero attached hydrogens (tertiary/aromatic N) is 4. The molecule has 3 aromatic rings. The number of sulfonamides is 1. The number of carbonyl (C=O) groups excluding carboxylic acids is 3. The summed E-state index contributed by atoms with van der Waals surface area (Å²) in [6, 6.07) is 14.3. The first-order valence-electron chi connectivity index (χ1n) is 13.0. The van der Waals surface area contributed by atoms with E-state index in [0.717, 1.165) is 21.0 Å². The SMILES string of the molecule is CC(C)CC(C(=O)N1CCC2C1C(=O)CN2S(=O)(=O)C(=O)c1ccccn1)c1cccc(-c2cccnc2)c1. The van der Waals surface area contributed by atoms with Crippen LogP contribution in [0.3, 0.4) is 0 Å². The van der Waals surface area contributed by atoms with E-state index in [9.17, 15) is 22.8 Å². The Hall–Kier alpha value is -3.76. The summed E-state index contributed by atoms with van der Waals surface area (Å²) in [6.07, 6.45) is 5.66. The molecule has 5 rings (SSSR count). The number of hydrogen-bond donors (Lipinski definition) is 0. The van der Waals surface area contributed by atoms with Crippen LogP contribution in [-0.4, -0.2) is 69.6 Å². The minimum Gasteiger partial charge on any atom is -0.330 e. The zero-order valence-corrected chi connectivity index (χ0v) is 22.6. The van der Waals surface area contributed by atoms with Gasteiger partial charge in [0.2, 0.25) is 5.91 Å². The van der Waals surface area contributed by atoms with Gasteiger partial charge in [0.25, 0.3) is 10.0 Å². The van der Waals surface area contributed by atoms with Crippen LogP contribution in [0, 0.1) is 5.92 Å². The molecule has 0 bridgehead atoms. The highest BCUT2D eigenvalue weighted by Crippen LogP contribution is 2.37. The van der Waals surface area contributed by atoms with Crippen LogP contribution in [0.25, 0.3) is 11.1 Å². The van der Waals surface area contributed by atoms with E-state index in [1.54, 1.807) is 18.5 Å². The average Bonchev–Trinajstić information content (AvgIpc) is 3.53. The quantitative estimate of drug-likeness (QED) is 0.446. The second-order valence-corrected chi connectivity index (χ2v) is 12.2. The molecule has 2 aliphatic heterocycles. The highest BCUT2D eigenvalue weighted by molar-refractivity contribution is 8.04. The topological polar surface area (TPSA) is 118 Å². The van der Waals surface area contributed by atoms with Crippen LogP contribution < -0.4 is 0 Å². The maximum Gasteiger partial charge on any atom is 0.310 e. The molecule has 1 amide bonds. The van der Waals surface area contributed by atoms with Crippen LogP contribution >= 0.6 is 0 Å². The molecule has 0 spiro atoms. The van der Waals surface area contributed by atoms with Gasteiger partial charge in [0.05, 0.1) is 18.5 Å². The summed E-state index contributed by atoms with van der Waals surface area (Å²) in [5.41, 5.74) is 2.49. The lowest BCUT2D eigenvalue weighted by Crippen LogP contribution is -2.46. The fourth-order valence-electron chi connectivity index (χ4n) is 5.58. The van der Waals surface area contributed by atoms with E-state index in [4.69, 9.17) is 0 Å². The van der Waals surface area contributed by atoms with Gasteiger partial charge in [0.15, 0.2) is 5.78 Å². The molecule has 39 heavy (non-hydrogen) atoms. The van der Waals surface area contributed by atoms with Gasteiger partial charge in [-0.05, 0) is 53.6 Å². The molecule has 2 saturated heterocycles. The van der Waals surface area contributed by atoms with Crippen molar-refractivity contribution < 1.29 is 22.8 Å². The Morgan fingerprint density at radius 2 is 1.82 bits per heavy atom. The summed E-state index contributed by atoms with van der Waals surface area (Å²) >= 11 is 0. The van der Waals surface area contributed by atoms with Crippen LogP contribution in [0.2, 0.25) is 0 Å². The zero-order valence-electron chi connectivity index (χ0n) is 21.8. The van der Waals surface area contributed by atoms with Crippen molar-refractivity contribution in [3.8, 4) is 11.1 Å². The lowest BCUT2D eigenvalue weighted by atomic mass is 9.87. The predicted octanol–water partition coefficient (Wildman–Crippen LogP) is 3.30. The Labute approximate surface area is 227 Å². The van der Waals surface area contributed by atoms with Gasteiger partial charge in [0.1, 0.15) is 11.7 Å². The third-order valence-corrected chi connectivity index (χ3v) is 9.06. The number of carbonyl (C=O) groups is 3. The Balaban J connectivity index is 1.42. The van der Waals surface area contributed by atoms with Crippen LogP contribution in [0.15, 0.2) is 73.2 Å². The fraction of sp³-hybridized carbons (Fsp3) is 0.345. The highest BCUT2D eigenvalue weighted by Gasteiger charge is 2.55. The Bertz CT molecular complexity index is 1490. The summed E-state index contributed by atoms with van der Waals surface area (Å²) in [5, 5.41) is -1.15. The fourth-order valence-corrected chi connectivity index (χ4v) is 7.05. The van der Waals surface area contributed by atoms with Crippen molar-refractivity contribution in [1.29, 1.82) is 0 Å². The van der Waals surface area contributed by atoms with E-state index in [1.165, 1.54) is 23.2 Å². The molecule has 0 aliphatic carbocycles. The summed E-state index contributed by atoms with van der Waals surface area (Å²) in [7, 11) is -4.49. The molecule has 9 nitrogen and oxygen atoms in total. The average molecular weight is 547 g/mol. The van der Waals surface area contributed by atoms with Crippen LogP contribution in [-0.2, 0) is 19.6 Å². The Morgan fingerprint density at radius 3 is 2.51 bits per heavy atom. The molecular weight excluding hydrogens is 516 g/mol. The third kappa shape index (κ3) is 5.14. The van der Waals surface area contributed by atoms with E-state index < -0.39 is 39.7 Å². The Morgan fingerprint density at radius 1 is 1.03 bits per heavy atom. The van der Waals surface area contributed by atoms with E-state index >= 15 is 0 Å². The molecule has 202 valence electrons. The van der Waals surface area contributed by atoms with E-state index in [2.05, 4.69) is 9.97 Å². The molecule has 0 radical (unpaired) electrons. The van der Waals surface area contributed by atoms with Crippen molar-refractivity contribution in [2.24, 2.45) is 5.92 Å². The van der Waals surface area contributed by atoms with Crippen molar-refractivity contribution in [2.45, 2.75) is 44.7 Å². The van der Waals surface area contributed by atoms with Crippen LogP contribution in [0.1, 0.15) is 48.7 Å². The molecule has 2 fully saturated rings. The monoisotopic (exact) mass is 546 g/mol. The normalized spacial score (nSPS) is 20.3. The maximum atomic E-state index is 14.0. The van der Waals surface area contributed by atoms with E-state index in [0.29, 0.717) is 6.42 Å². The summed E-state index contributed by atoms with van der Waals surface area (Å²) in [5.74, 6) is -0.889. The summed E-state index contributed by atoms with van der Waals surface area (Å²) < 4.78 is 27.5. The standard InChI is InChI=1S/C29H30N4O5S/c1-19(2)15-23(21-8-5-7-20(16-21)22-9-6-12-30-17-22)28(35)32-14-11-25-27(32)26(34)18-33(25)39(37,38)29(36)24-10-3-4-13-31-24/h3-10,12-13,16-17,19,23,25,27H,11,14-15,18H2,1-2H3. The number of aromatic nitrogens is 2. The van der Waals surface area contributed by atoms with Gasteiger partial charge >= 0.3 is 5.12 Å². The van der Waals surface area contributed by atoms with Gasteiger partial charge in [-0.3, -0.25) is 24.4 Å². The molecule has 2 aliphatic rings. The lowest BCUT2D eigenvalue weighted by Gasteiger charge is -2.29. The number of benzene rings is 1. The van der Waals surface area contributed by atoms with Gasteiger partial charge in [-0.1, -0.05) is 50.2 Å². The third-order valence-electron chi connectivity index (χ3n) is 7.37. The van der Waals surface area contributed by atoms with Crippen molar-refractivity contribution in [3.05, 3.63) is 84.4 Å². The molecule has 0 N–H and O–H groups in total. The molecule has 10 heteroatoms. The minimum absolute atomic E-state index is 0.201. The molecule has 2 aromatic heterocycles. The predicted molar refractivity (Wildman–Crippen MR) is 145 cm³/mol. The lowest BCUT2D eigenvalue weighted by molar-refractivity contribution is -0.138. The van der Waals surface area contributed by atoms with Gasteiger partial charge < -0.3 is 4.90 Å². The Kier molecular flexibility index (Phi) is 7.42. The van der Waals surface area contributed by atoms with E-state index in [-0.39, 0.29) is 36.3 Å². The summed E-state index contributed by atoms with van der Waals surface area (Å²) in [6.45, 7) is 3.87. The van der Waals surface area contributed by atoms with Crippen molar-refractivity contribution in [1.82, 2.24) is 19.2 Å². The number of ketones is 1. The van der Waals surface area contributed by atoms with Crippen molar-refractivity contribution in [2.75, 3.05) is 13.1 Å². The zero-order chi connectivity index (χ0) is 27.7. The largest absolute Gasteiger partial charge is 0.330 e. The number of likely N-dealkylation sites (tertiary alicyclic amines) is 1.